The molecule has 3 rings (SSSR count). The Balaban J connectivity index is 1.61. The van der Waals surface area contributed by atoms with Crippen molar-refractivity contribution in [3.05, 3.63) is 35.4 Å². The average molecular weight is 298 g/mol. The highest BCUT2D eigenvalue weighted by Crippen LogP contribution is 2.30. The molecular weight excluding hydrogens is 281 g/mol. The van der Waals surface area contributed by atoms with Crippen molar-refractivity contribution < 1.29 is 17.9 Å². The van der Waals surface area contributed by atoms with Crippen LogP contribution in [0.25, 0.3) is 0 Å². The first-order chi connectivity index (χ1) is 10.0. The van der Waals surface area contributed by atoms with Crippen LogP contribution < -0.4 is 5.32 Å². The maximum Gasteiger partial charge on any atom is 0.416 e. The predicted octanol–water partition coefficient (Wildman–Crippen LogP) is 2.65. The second kappa shape index (κ2) is 5.67. The summed E-state index contributed by atoms with van der Waals surface area (Å²) in [5.41, 5.74) is 0.0231. The van der Waals surface area contributed by atoms with Crippen molar-refractivity contribution in [1.29, 1.82) is 0 Å². The third-order valence-electron chi connectivity index (χ3n) is 3.87. The fraction of sp³-hybridized carbons (Fsp3) is 0.533. The van der Waals surface area contributed by atoms with Gasteiger partial charge in [0.25, 0.3) is 0 Å². The van der Waals surface area contributed by atoms with Gasteiger partial charge in [-0.2, -0.15) is 13.2 Å². The highest BCUT2D eigenvalue weighted by molar-refractivity contribution is 5.80. The summed E-state index contributed by atoms with van der Waals surface area (Å²) in [7, 11) is 0. The van der Waals surface area contributed by atoms with Crippen LogP contribution in [0.5, 0.6) is 0 Å². The Hall–Kier alpha value is -1.56. The summed E-state index contributed by atoms with van der Waals surface area (Å²) in [4.78, 5) is 4.40. The molecule has 1 saturated heterocycles. The van der Waals surface area contributed by atoms with Crippen molar-refractivity contribution in [1.82, 2.24) is 5.32 Å². The topological polar surface area (TPSA) is 33.6 Å². The second-order valence-electron chi connectivity index (χ2n) is 5.51. The maximum absolute atomic E-state index is 12.7. The van der Waals surface area contributed by atoms with E-state index < -0.39 is 11.7 Å². The number of benzene rings is 1. The van der Waals surface area contributed by atoms with Crippen LogP contribution in [0.4, 0.5) is 13.2 Å². The minimum atomic E-state index is -4.30. The van der Waals surface area contributed by atoms with Crippen LogP contribution in [-0.4, -0.2) is 31.6 Å². The molecule has 1 aromatic carbocycles. The third kappa shape index (κ3) is 3.37. The molecule has 2 atom stereocenters. The summed E-state index contributed by atoms with van der Waals surface area (Å²) >= 11 is 0. The number of nitrogens with one attached hydrogen (secondary N) is 1. The van der Waals surface area contributed by atoms with E-state index in [1.54, 1.807) is 6.07 Å². The summed E-state index contributed by atoms with van der Waals surface area (Å²) < 4.78 is 43.9. The van der Waals surface area contributed by atoms with Crippen molar-refractivity contribution in [2.24, 2.45) is 10.9 Å². The molecule has 1 aromatic rings. The largest absolute Gasteiger partial charge is 0.475 e. The lowest BCUT2D eigenvalue weighted by Crippen LogP contribution is -2.22. The van der Waals surface area contributed by atoms with Crippen LogP contribution in [0.3, 0.4) is 0 Å². The first-order valence-electron chi connectivity index (χ1n) is 7.10. The van der Waals surface area contributed by atoms with Crippen LogP contribution in [0.15, 0.2) is 29.3 Å². The zero-order valence-electron chi connectivity index (χ0n) is 11.5. The smallest absolute Gasteiger partial charge is 0.416 e. The van der Waals surface area contributed by atoms with Gasteiger partial charge < -0.3 is 10.1 Å². The molecule has 0 spiro atoms. The van der Waals surface area contributed by atoms with E-state index in [1.165, 1.54) is 12.1 Å². The Labute approximate surface area is 121 Å². The molecule has 6 heteroatoms. The van der Waals surface area contributed by atoms with Crippen molar-refractivity contribution in [3.63, 3.8) is 0 Å². The highest BCUT2D eigenvalue weighted by atomic mass is 19.4. The number of rotatable bonds is 3. The van der Waals surface area contributed by atoms with Gasteiger partial charge in [-0.3, -0.25) is 4.99 Å². The van der Waals surface area contributed by atoms with Gasteiger partial charge in [-0.15, -0.1) is 0 Å². The predicted molar refractivity (Wildman–Crippen MR) is 73.3 cm³/mol. The molecule has 2 heterocycles. The first kappa shape index (κ1) is 14.4. The van der Waals surface area contributed by atoms with Gasteiger partial charge in [0.2, 0.25) is 0 Å². The molecular formula is C15H17F3N2O. The Morgan fingerprint density at radius 1 is 1.33 bits per heavy atom. The molecule has 2 aliphatic heterocycles. The van der Waals surface area contributed by atoms with Crippen LogP contribution in [0.2, 0.25) is 0 Å². The molecule has 0 saturated carbocycles. The van der Waals surface area contributed by atoms with E-state index >= 15 is 0 Å². The number of hydrogen-bond donors (Lipinski definition) is 1. The molecule has 114 valence electrons. The van der Waals surface area contributed by atoms with E-state index in [0.29, 0.717) is 24.4 Å². The molecule has 2 unspecified atom stereocenters. The first-order valence-corrected chi connectivity index (χ1v) is 7.10. The number of nitrogens with zero attached hydrogens (tertiary/aromatic N) is 1. The van der Waals surface area contributed by atoms with Crippen molar-refractivity contribution in [3.8, 4) is 0 Å². The molecule has 0 radical (unpaired) electrons. The van der Waals surface area contributed by atoms with Gasteiger partial charge in [0.1, 0.15) is 6.10 Å². The summed E-state index contributed by atoms with van der Waals surface area (Å²) in [5.74, 6) is 1.08. The van der Waals surface area contributed by atoms with Crippen LogP contribution in [0.1, 0.15) is 17.5 Å². The molecule has 3 nitrogen and oxygen atoms in total. The van der Waals surface area contributed by atoms with E-state index in [0.717, 1.165) is 31.5 Å². The molecule has 21 heavy (non-hydrogen) atoms. The Morgan fingerprint density at radius 2 is 2.19 bits per heavy atom. The van der Waals surface area contributed by atoms with Crippen molar-refractivity contribution >= 4 is 5.90 Å². The lowest BCUT2D eigenvalue weighted by atomic mass is 10.0. The maximum atomic E-state index is 12.7. The van der Waals surface area contributed by atoms with Crippen LogP contribution in [-0.2, 0) is 17.3 Å². The number of halogens is 3. The summed E-state index contributed by atoms with van der Waals surface area (Å²) in [6.07, 6.45) is -2.99. The number of aliphatic imine (C=N–C) groups is 1. The average Bonchev–Trinajstić information content (AvgIpc) is 3.08. The molecule has 0 bridgehead atoms. The highest BCUT2D eigenvalue weighted by Gasteiger charge is 2.31. The van der Waals surface area contributed by atoms with Crippen molar-refractivity contribution in [2.75, 3.05) is 19.6 Å². The zero-order valence-corrected chi connectivity index (χ0v) is 11.5. The summed E-state index contributed by atoms with van der Waals surface area (Å²) in [6, 6.07) is 5.42. The van der Waals surface area contributed by atoms with Crippen LogP contribution in [0, 0.1) is 5.92 Å². The van der Waals surface area contributed by atoms with Gasteiger partial charge in [0, 0.05) is 18.9 Å². The van der Waals surface area contributed by atoms with E-state index in [1.807, 2.05) is 0 Å². The fourth-order valence-corrected chi connectivity index (χ4v) is 2.77. The number of hydrogen-bond acceptors (Lipinski definition) is 3. The lowest BCUT2D eigenvalue weighted by Gasteiger charge is -2.15. The van der Waals surface area contributed by atoms with Crippen LogP contribution >= 0.6 is 0 Å². The van der Waals surface area contributed by atoms with Gasteiger partial charge in [-0.1, -0.05) is 18.2 Å². The SMILES string of the molecule is FC(F)(F)c1cccc(CC2CN=C(C3CCNC3)O2)c1. The minimum absolute atomic E-state index is 0.149. The Kier molecular flexibility index (Phi) is 3.89. The summed E-state index contributed by atoms with van der Waals surface area (Å²) in [5, 5.41) is 3.25. The fourth-order valence-electron chi connectivity index (χ4n) is 2.77. The van der Waals surface area contributed by atoms with E-state index in [-0.39, 0.29) is 6.10 Å². The Bertz CT molecular complexity index is 536. The molecule has 0 aliphatic carbocycles. The monoisotopic (exact) mass is 298 g/mol. The van der Waals surface area contributed by atoms with E-state index in [9.17, 15) is 13.2 Å². The molecule has 0 amide bonds. The number of alkyl halides is 3. The number of ether oxygens (including phenoxy) is 1. The normalized spacial score (nSPS) is 25.8. The standard InChI is InChI=1S/C15H17F3N2O/c16-15(17,18)12-3-1-2-10(6-12)7-13-9-20-14(21-13)11-4-5-19-8-11/h1-3,6,11,13,19H,4-5,7-9H2. The van der Waals surface area contributed by atoms with E-state index in [4.69, 9.17) is 4.74 Å². The lowest BCUT2D eigenvalue weighted by molar-refractivity contribution is -0.137. The van der Waals surface area contributed by atoms with Crippen molar-refractivity contribution in [2.45, 2.75) is 25.1 Å². The molecule has 1 N–H and O–H groups in total. The minimum Gasteiger partial charge on any atom is -0.475 e. The second-order valence-corrected chi connectivity index (χ2v) is 5.51. The summed E-state index contributed by atoms with van der Waals surface area (Å²) in [6.45, 7) is 2.36. The zero-order chi connectivity index (χ0) is 14.9. The van der Waals surface area contributed by atoms with Gasteiger partial charge in [0.15, 0.2) is 5.90 Å². The van der Waals surface area contributed by atoms with E-state index in [2.05, 4.69) is 10.3 Å². The molecule has 0 aromatic heterocycles. The Morgan fingerprint density at radius 3 is 2.90 bits per heavy atom. The quantitative estimate of drug-likeness (QED) is 0.931. The molecule has 2 aliphatic rings. The van der Waals surface area contributed by atoms with Gasteiger partial charge >= 0.3 is 6.18 Å². The third-order valence-corrected chi connectivity index (χ3v) is 3.87. The van der Waals surface area contributed by atoms with Gasteiger partial charge in [-0.05, 0) is 24.6 Å². The van der Waals surface area contributed by atoms with Gasteiger partial charge in [0.05, 0.1) is 12.1 Å². The van der Waals surface area contributed by atoms with Gasteiger partial charge in [-0.25, -0.2) is 0 Å². The molecule has 1 fully saturated rings.